The molecule has 0 spiro atoms. The molecule has 3 nitrogen and oxygen atoms in total. The second-order valence-electron chi connectivity index (χ2n) is 6.12. The van der Waals surface area contributed by atoms with E-state index in [0.717, 1.165) is 6.42 Å². The van der Waals surface area contributed by atoms with Gasteiger partial charge in [-0.15, -0.1) is 0 Å². The summed E-state index contributed by atoms with van der Waals surface area (Å²) in [6.45, 7) is 2.96. The monoisotopic (exact) mass is 294 g/mol. The third-order valence-corrected chi connectivity index (χ3v) is 4.54. The highest BCUT2D eigenvalue weighted by molar-refractivity contribution is 5.82. The zero-order valence-corrected chi connectivity index (χ0v) is 12.1. The van der Waals surface area contributed by atoms with E-state index in [1.165, 1.54) is 11.1 Å². The predicted octanol–water partition coefficient (Wildman–Crippen LogP) is 2.31. The van der Waals surface area contributed by atoms with Crippen LogP contribution in [0.2, 0.25) is 0 Å². The highest BCUT2D eigenvalue weighted by Gasteiger charge is 2.44. The standard InChI is InChI=1S/C16H20F2N2O/c1-11-4-2-3-5-13(11)12-6-7-20(9-12)15(21)14-8-16(17,18)10-19-14/h2-5,12,14,19H,6-10H2,1H3. The summed E-state index contributed by atoms with van der Waals surface area (Å²) in [7, 11) is 0. The molecule has 0 radical (unpaired) electrons. The van der Waals surface area contributed by atoms with Gasteiger partial charge in [-0.2, -0.15) is 0 Å². The van der Waals surface area contributed by atoms with Gasteiger partial charge in [-0.25, -0.2) is 8.78 Å². The Morgan fingerprint density at radius 2 is 2.14 bits per heavy atom. The Kier molecular flexibility index (Phi) is 3.69. The van der Waals surface area contributed by atoms with Crippen molar-refractivity contribution in [2.24, 2.45) is 0 Å². The molecular formula is C16H20F2N2O. The van der Waals surface area contributed by atoms with Crippen LogP contribution in [0.1, 0.15) is 29.9 Å². The van der Waals surface area contributed by atoms with Gasteiger partial charge in [0.15, 0.2) is 0 Å². The van der Waals surface area contributed by atoms with Crippen molar-refractivity contribution in [3.05, 3.63) is 35.4 Å². The van der Waals surface area contributed by atoms with Gasteiger partial charge in [0, 0.05) is 25.4 Å². The van der Waals surface area contributed by atoms with Crippen LogP contribution in [-0.2, 0) is 4.79 Å². The first-order valence-corrected chi connectivity index (χ1v) is 7.42. The zero-order chi connectivity index (χ0) is 15.0. The molecule has 2 aliphatic heterocycles. The molecule has 0 bridgehead atoms. The molecule has 2 aliphatic rings. The maximum atomic E-state index is 13.2. The van der Waals surface area contributed by atoms with E-state index in [1.54, 1.807) is 4.90 Å². The van der Waals surface area contributed by atoms with Crippen LogP contribution in [0.4, 0.5) is 8.78 Å². The van der Waals surface area contributed by atoms with Gasteiger partial charge in [0.2, 0.25) is 5.91 Å². The Balaban J connectivity index is 1.65. The van der Waals surface area contributed by atoms with Crippen molar-refractivity contribution in [3.63, 3.8) is 0 Å². The van der Waals surface area contributed by atoms with Crippen molar-refractivity contribution in [2.45, 2.75) is 37.6 Å². The number of amides is 1. The number of alkyl halides is 2. The Bertz CT molecular complexity index is 547. The van der Waals surface area contributed by atoms with Gasteiger partial charge in [-0.05, 0) is 24.5 Å². The summed E-state index contributed by atoms with van der Waals surface area (Å²) in [6.07, 6.45) is 0.525. The first-order chi connectivity index (χ1) is 9.96. The van der Waals surface area contributed by atoms with Gasteiger partial charge < -0.3 is 4.90 Å². The highest BCUT2D eigenvalue weighted by atomic mass is 19.3. The number of hydrogen-bond donors (Lipinski definition) is 1. The van der Waals surface area contributed by atoms with Gasteiger partial charge >= 0.3 is 0 Å². The fourth-order valence-electron chi connectivity index (χ4n) is 3.37. The van der Waals surface area contributed by atoms with E-state index < -0.39 is 18.5 Å². The minimum atomic E-state index is -2.75. The molecule has 1 aromatic carbocycles. The number of benzene rings is 1. The summed E-state index contributed by atoms with van der Waals surface area (Å²) in [6, 6.07) is 7.44. The Morgan fingerprint density at radius 3 is 2.81 bits per heavy atom. The number of carbonyl (C=O) groups excluding carboxylic acids is 1. The molecule has 3 rings (SSSR count). The fourth-order valence-corrected chi connectivity index (χ4v) is 3.37. The number of likely N-dealkylation sites (tertiary alicyclic amines) is 1. The number of rotatable bonds is 2. The van der Waals surface area contributed by atoms with Gasteiger partial charge in [0.05, 0.1) is 12.6 Å². The van der Waals surface area contributed by atoms with Crippen molar-refractivity contribution in [1.29, 1.82) is 0 Å². The summed E-state index contributed by atoms with van der Waals surface area (Å²) in [5.74, 6) is -2.62. The van der Waals surface area contributed by atoms with Crippen LogP contribution in [0, 0.1) is 6.92 Å². The lowest BCUT2D eigenvalue weighted by molar-refractivity contribution is -0.132. The SMILES string of the molecule is Cc1ccccc1C1CCN(C(=O)C2CC(F)(F)CN2)C1. The van der Waals surface area contributed by atoms with Crippen LogP contribution in [-0.4, -0.2) is 42.4 Å². The molecule has 0 saturated carbocycles. The molecular weight excluding hydrogens is 274 g/mol. The fraction of sp³-hybridized carbons (Fsp3) is 0.562. The van der Waals surface area contributed by atoms with Crippen LogP contribution < -0.4 is 5.32 Å². The lowest BCUT2D eigenvalue weighted by atomic mass is 9.94. The summed E-state index contributed by atoms with van der Waals surface area (Å²) in [5, 5.41) is 2.65. The van der Waals surface area contributed by atoms with Crippen LogP contribution in [0.3, 0.4) is 0 Å². The zero-order valence-electron chi connectivity index (χ0n) is 12.1. The van der Waals surface area contributed by atoms with Crippen LogP contribution in [0.5, 0.6) is 0 Å². The molecule has 1 amide bonds. The number of aryl methyl sites for hydroxylation is 1. The molecule has 2 saturated heterocycles. The molecule has 2 atom stereocenters. The summed E-state index contributed by atoms with van der Waals surface area (Å²) in [5.41, 5.74) is 2.49. The Hall–Kier alpha value is -1.49. The van der Waals surface area contributed by atoms with E-state index in [2.05, 4.69) is 24.4 Å². The first-order valence-electron chi connectivity index (χ1n) is 7.42. The summed E-state index contributed by atoms with van der Waals surface area (Å²) in [4.78, 5) is 14.1. The van der Waals surface area contributed by atoms with Crippen LogP contribution >= 0.6 is 0 Å². The Morgan fingerprint density at radius 1 is 1.38 bits per heavy atom. The third kappa shape index (κ3) is 2.93. The van der Waals surface area contributed by atoms with E-state index in [9.17, 15) is 13.6 Å². The smallest absolute Gasteiger partial charge is 0.262 e. The van der Waals surface area contributed by atoms with Crippen LogP contribution in [0.15, 0.2) is 24.3 Å². The molecule has 1 N–H and O–H groups in total. The molecule has 0 aromatic heterocycles. The van der Waals surface area contributed by atoms with Gasteiger partial charge in [0.25, 0.3) is 5.92 Å². The van der Waals surface area contributed by atoms with Gasteiger partial charge in [-0.3, -0.25) is 10.1 Å². The molecule has 114 valence electrons. The topological polar surface area (TPSA) is 32.3 Å². The van der Waals surface area contributed by atoms with Gasteiger partial charge in [-0.1, -0.05) is 24.3 Å². The number of carbonyl (C=O) groups is 1. The normalized spacial score (nSPS) is 28.0. The lowest BCUT2D eigenvalue weighted by Gasteiger charge is -2.21. The molecule has 1 aromatic rings. The largest absolute Gasteiger partial charge is 0.341 e. The third-order valence-electron chi connectivity index (χ3n) is 4.54. The molecule has 0 aliphatic carbocycles. The minimum Gasteiger partial charge on any atom is -0.341 e. The quantitative estimate of drug-likeness (QED) is 0.908. The lowest BCUT2D eigenvalue weighted by Crippen LogP contribution is -2.42. The number of nitrogens with zero attached hydrogens (tertiary/aromatic N) is 1. The molecule has 2 fully saturated rings. The maximum absolute atomic E-state index is 13.2. The molecule has 5 heteroatoms. The summed E-state index contributed by atoms with van der Waals surface area (Å²) < 4.78 is 26.4. The maximum Gasteiger partial charge on any atom is 0.262 e. The minimum absolute atomic E-state index is 0.178. The van der Waals surface area contributed by atoms with Crippen molar-refractivity contribution >= 4 is 5.91 Å². The second-order valence-corrected chi connectivity index (χ2v) is 6.12. The molecule has 2 unspecified atom stereocenters. The van der Waals surface area contributed by atoms with Crippen molar-refractivity contribution < 1.29 is 13.6 Å². The molecule has 21 heavy (non-hydrogen) atoms. The van der Waals surface area contributed by atoms with E-state index in [-0.39, 0.29) is 12.3 Å². The summed E-state index contributed by atoms with van der Waals surface area (Å²) >= 11 is 0. The van der Waals surface area contributed by atoms with E-state index in [4.69, 9.17) is 0 Å². The van der Waals surface area contributed by atoms with Crippen molar-refractivity contribution in [3.8, 4) is 0 Å². The molecule has 2 heterocycles. The van der Waals surface area contributed by atoms with E-state index in [0.29, 0.717) is 19.0 Å². The Labute approximate surface area is 123 Å². The number of nitrogens with one attached hydrogen (secondary N) is 1. The van der Waals surface area contributed by atoms with Crippen molar-refractivity contribution in [1.82, 2.24) is 10.2 Å². The highest BCUT2D eigenvalue weighted by Crippen LogP contribution is 2.31. The van der Waals surface area contributed by atoms with Gasteiger partial charge in [0.1, 0.15) is 0 Å². The van der Waals surface area contributed by atoms with Crippen LogP contribution in [0.25, 0.3) is 0 Å². The average molecular weight is 294 g/mol. The number of halogens is 2. The average Bonchev–Trinajstić information content (AvgIpc) is 3.05. The second kappa shape index (κ2) is 5.37. The first kappa shape index (κ1) is 14.4. The predicted molar refractivity (Wildman–Crippen MR) is 76.5 cm³/mol. The van der Waals surface area contributed by atoms with E-state index in [1.807, 2.05) is 12.1 Å². The van der Waals surface area contributed by atoms with Crippen molar-refractivity contribution in [2.75, 3.05) is 19.6 Å². The van der Waals surface area contributed by atoms with E-state index >= 15 is 0 Å². The number of hydrogen-bond acceptors (Lipinski definition) is 2.